The molecule has 0 aliphatic rings. The lowest BCUT2D eigenvalue weighted by Gasteiger charge is -2.11. The number of hydrogen-bond acceptors (Lipinski definition) is 3. The second-order valence-electron chi connectivity index (χ2n) is 6.81. The highest BCUT2D eigenvalue weighted by Gasteiger charge is 2.06. The Hall–Kier alpha value is -3.79. The van der Waals surface area contributed by atoms with Crippen LogP contribution in [0.3, 0.4) is 0 Å². The Morgan fingerprint density at radius 1 is 0.786 bits per heavy atom. The van der Waals surface area contributed by atoms with Gasteiger partial charge in [-0.05, 0) is 52.4 Å². The van der Waals surface area contributed by atoms with Crippen molar-refractivity contribution in [3.05, 3.63) is 107 Å². The molecule has 0 aliphatic carbocycles. The fourth-order valence-corrected chi connectivity index (χ4v) is 3.57. The van der Waals surface area contributed by atoms with Crippen molar-refractivity contribution in [1.82, 2.24) is 14.5 Å². The molecule has 0 amide bonds. The molecule has 2 heterocycles. The average Bonchev–Trinajstić information content (AvgIpc) is 2.76. The van der Waals surface area contributed by atoms with Crippen LogP contribution in [0, 0.1) is 0 Å². The van der Waals surface area contributed by atoms with Gasteiger partial charge in [-0.2, -0.15) is 0 Å². The SMILES string of the molecule is O=c1cnc2ccccc2n1Cc1cccc(-c2ccc3cnccc3c2)c1. The molecule has 0 bridgehead atoms. The summed E-state index contributed by atoms with van der Waals surface area (Å²) >= 11 is 0. The molecule has 0 saturated carbocycles. The van der Waals surface area contributed by atoms with Crippen LogP contribution in [0.4, 0.5) is 0 Å². The topological polar surface area (TPSA) is 47.8 Å². The molecule has 0 aliphatic heterocycles. The Balaban J connectivity index is 1.56. The van der Waals surface area contributed by atoms with E-state index in [4.69, 9.17) is 0 Å². The third-order valence-electron chi connectivity index (χ3n) is 4.99. The van der Waals surface area contributed by atoms with E-state index in [1.807, 2.05) is 48.8 Å². The van der Waals surface area contributed by atoms with Crippen LogP contribution in [0.15, 0.2) is 96.2 Å². The number of fused-ring (bicyclic) bond motifs is 2. The Labute approximate surface area is 161 Å². The Morgan fingerprint density at radius 2 is 1.68 bits per heavy atom. The van der Waals surface area contributed by atoms with Crippen molar-refractivity contribution in [3.63, 3.8) is 0 Å². The summed E-state index contributed by atoms with van der Waals surface area (Å²) < 4.78 is 1.77. The third-order valence-corrected chi connectivity index (χ3v) is 4.99. The molecule has 2 aromatic heterocycles. The van der Waals surface area contributed by atoms with E-state index >= 15 is 0 Å². The van der Waals surface area contributed by atoms with Crippen molar-refractivity contribution in [2.75, 3.05) is 0 Å². The van der Waals surface area contributed by atoms with E-state index in [1.54, 1.807) is 4.57 Å². The number of aromatic nitrogens is 3. The molecule has 0 atom stereocenters. The zero-order valence-corrected chi connectivity index (χ0v) is 15.1. The van der Waals surface area contributed by atoms with Crippen molar-refractivity contribution >= 4 is 21.8 Å². The van der Waals surface area contributed by atoms with Crippen molar-refractivity contribution in [1.29, 1.82) is 0 Å². The molecule has 0 unspecified atom stereocenters. The molecule has 0 radical (unpaired) electrons. The van der Waals surface area contributed by atoms with E-state index < -0.39 is 0 Å². The second-order valence-corrected chi connectivity index (χ2v) is 6.81. The van der Waals surface area contributed by atoms with Gasteiger partial charge in [0.05, 0.1) is 23.8 Å². The number of rotatable bonds is 3. The quantitative estimate of drug-likeness (QED) is 0.468. The second kappa shape index (κ2) is 6.74. The largest absolute Gasteiger partial charge is 0.301 e. The fourth-order valence-electron chi connectivity index (χ4n) is 3.57. The monoisotopic (exact) mass is 363 g/mol. The van der Waals surface area contributed by atoms with E-state index in [-0.39, 0.29) is 5.56 Å². The summed E-state index contributed by atoms with van der Waals surface area (Å²) in [5.41, 5.74) is 4.92. The standard InChI is InChI=1S/C24H17N3O/c28-24-15-26-22-6-1-2-7-23(22)27(24)16-17-4-3-5-18(12-17)19-8-9-21-14-25-11-10-20(21)13-19/h1-15H,16H2. The minimum absolute atomic E-state index is 0.0951. The van der Waals surface area contributed by atoms with Gasteiger partial charge in [0.15, 0.2) is 0 Å². The van der Waals surface area contributed by atoms with Gasteiger partial charge >= 0.3 is 0 Å². The van der Waals surface area contributed by atoms with E-state index in [0.717, 1.165) is 38.5 Å². The summed E-state index contributed by atoms with van der Waals surface area (Å²) in [6.07, 6.45) is 5.07. The molecule has 28 heavy (non-hydrogen) atoms. The minimum atomic E-state index is -0.0951. The van der Waals surface area contributed by atoms with Gasteiger partial charge < -0.3 is 4.57 Å². The van der Waals surface area contributed by atoms with Crippen molar-refractivity contribution < 1.29 is 0 Å². The van der Waals surface area contributed by atoms with Gasteiger partial charge in [0.25, 0.3) is 5.56 Å². The summed E-state index contributed by atoms with van der Waals surface area (Å²) in [6.45, 7) is 0.507. The predicted octanol–water partition coefficient (Wildman–Crippen LogP) is 4.66. The smallest absolute Gasteiger partial charge is 0.269 e. The van der Waals surface area contributed by atoms with E-state index in [9.17, 15) is 4.79 Å². The lowest BCUT2D eigenvalue weighted by atomic mass is 10.0. The van der Waals surface area contributed by atoms with Crippen LogP contribution in [-0.4, -0.2) is 14.5 Å². The normalized spacial score (nSPS) is 11.1. The molecular weight excluding hydrogens is 346 g/mol. The van der Waals surface area contributed by atoms with Gasteiger partial charge in [-0.25, -0.2) is 4.98 Å². The molecule has 0 fully saturated rings. The van der Waals surface area contributed by atoms with Crippen LogP contribution in [-0.2, 0) is 6.54 Å². The lowest BCUT2D eigenvalue weighted by Crippen LogP contribution is -2.21. The first-order chi connectivity index (χ1) is 13.8. The molecule has 0 N–H and O–H groups in total. The Morgan fingerprint density at radius 3 is 2.64 bits per heavy atom. The molecule has 4 heteroatoms. The Kier molecular flexibility index (Phi) is 3.95. The highest BCUT2D eigenvalue weighted by Crippen LogP contribution is 2.25. The zero-order chi connectivity index (χ0) is 18.9. The van der Waals surface area contributed by atoms with Gasteiger partial charge in [-0.1, -0.05) is 42.5 Å². The molecule has 5 aromatic rings. The number of nitrogens with zero attached hydrogens (tertiary/aromatic N) is 3. The molecule has 4 nitrogen and oxygen atoms in total. The summed E-state index contributed by atoms with van der Waals surface area (Å²) in [7, 11) is 0. The number of hydrogen-bond donors (Lipinski definition) is 0. The molecule has 5 rings (SSSR count). The van der Waals surface area contributed by atoms with Gasteiger partial charge in [-0.15, -0.1) is 0 Å². The summed E-state index contributed by atoms with van der Waals surface area (Å²) in [5.74, 6) is 0. The van der Waals surface area contributed by atoms with E-state index in [2.05, 4.69) is 46.4 Å². The van der Waals surface area contributed by atoms with Crippen LogP contribution >= 0.6 is 0 Å². The third kappa shape index (κ3) is 2.95. The van der Waals surface area contributed by atoms with Crippen LogP contribution in [0.25, 0.3) is 32.9 Å². The number of pyridine rings is 1. The molecular formula is C24H17N3O. The maximum atomic E-state index is 12.4. The highest BCUT2D eigenvalue weighted by molar-refractivity contribution is 5.86. The molecule has 3 aromatic carbocycles. The first-order valence-corrected chi connectivity index (χ1v) is 9.16. The van der Waals surface area contributed by atoms with Gasteiger partial charge in [0.1, 0.15) is 0 Å². The number of benzene rings is 3. The average molecular weight is 363 g/mol. The molecule has 0 saturated heterocycles. The van der Waals surface area contributed by atoms with Gasteiger partial charge in [-0.3, -0.25) is 9.78 Å². The van der Waals surface area contributed by atoms with Gasteiger partial charge in [0, 0.05) is 17.8 Å². The van der Waals surface area contributed by atoms with Crippen LogP contribution in [0.5, 0.6) is 0 Å². The van der Waals surface area contributed by atoms with Crippen molar-refractivity contribution in [2.24, 2.45) is 0 Å². The summed E-state index contributed by atoms with van der Waals surface area (Å²) in [4.78, 5) is 20.8. The van der Waals surface area contributed by atoms with Crippen molar-refractivity contribution in [3.8, 4) is 11.1 Å². The first-order valence-electron chi connectivity index (χ1n) is 9.16. The van der Waals surface area contributed by atoms with Crippen LogP contribution in [0.2, 0.25) is 0 Å². The zero-order valence-electron chi connectivity index (χ0n) is 15.1. The maximum absolute atomic E-state index is 12.4. The molecule has 134 valence electrons. The maximum Gasteiger partial charge on any atom is 0.269 e. The lowest BCUT2D eigenvalue weighted by molar-refractivity contribution is 0.787. The van der Waals surface area contributed by atoms with Crippen molar-refractivity contribution in [2.45, 2.75) is 6.54 Å². The highest BCUT2D eigenvalue weighted by atomic mass is 16.1. The first kappa shape index (κ1) is 16.4. The summed E-state index contributed by atoms with van der Waals surface area (Å²) in [6, 6.07) is 24.4. The van der Waals surface area contributed by atoms with E-state index in [0.29, 0.717) is 6.54 Å². The van der Waals surface area contributed by atoms with Crippen LogP contribution in [0.1, 0.15) is 5.56 Å². The Bertz CT molecular complexity index is 1370. The van der Waals surface area contributed by atoms with Gasteiger partial charge in [0.2, 0.25) is 0 Å². The van der Waals surface area contributed by atoms with Crippen LogP contribution < -0.4 is 5.56 Å². The number of para-hydroxylation sites is 2. The summed E-state index contributed by atoms with van der Waals surface area (Å²) in [5, 5.41) is 2.28. The fraction of sp³-hybridized carbons (Fsp3) is 0.0417. The van der Waals surface area contributed by atoms with E-state index in [1.165, 1.54) is 6.20 Å². The minimum Gasteiger partial charge on any atom is -0.301 e. The predicted molar refractivity (Wildman–Crippen MR) is 112 cm³/mol. The molecule has 0 spiro atoms.